The Bertz CT molecular complexity index is 984. The number of carbonyl (C=O) groups is 2. The number of thioether (sulfide) groups is 1. The number of aromatic nitrogens is 3. The number of ether oxygens (including phenoxy) is 1. The molecule has 7 nitrogen and oxygen atoms in total. The number of likely N-dealkylation sites (tertiary alicyclic amines) is 1. The Kier molecular flexibility index (Phi) is 7.96. The highest BCUT2D eigenvalue weighted by molar-refractivity contribution is 8.00. The zero-order valence-corrected chi connectivity index (χ0v) is 20.8. The van der Waals surface area contributed by atoms with Crippen molar-refractivity contribution in [1.29, 1.82) is 0 Å². The van der Waals surface area contributed by atoms with E-state index < -0.39 is 0 Å². The lowest BCUT2D eigenvalue weighted by atomic mass is 9.97. The standard InChI is InChI=1S/C24H31ClN4O3S/c1-3-32-23(31)17-12-14-28(15-13-17)22(30)16(2)33-24-27-26-21(19-10-6-7-11-20(19)25)29(24)18-8-4-5-9-18/h6-7,10-11,16-18H,3-5,8-9,12-15H2,1-2H3. The Labute approximate surface area is 204 Å². The van der Waals surface area contributed by atoms with Crippen LogP contribution in [0.15, 0.2) is 29.4 Å². The summed E-state index contributed by atoms with van der Waals surface area (Å²) in [6.07, 6.45) is 5.81. The lowest BCUT2D eigenvalue weighted by molar-refractivity contribution is -0.151. The fourth-order valence-electron chi connectivity index (χ4n) is 4.74. The van der Waals surface area contributed by atoms with Crippen molar-refractivity contribution in [3.05, 3.63) is 29.3 Å². The predicted molar refractivity (Wildman–Crippen MR) is 129 cm³/mol. The predicted octanol–water partition coefficient (Wildman–Crippen LogP) is 5.00. The highest BCUT2D eigenvalue weighted by Gasteiger charge is 2.32. The van der Waals surface area contributed by atoms with Crippen LogP contribution in [0.25, 0.3) is 11.4 Å². The molecule has 1 atom stereocenters. The molecule has 1 saturated carbocycles. The molecule has 0 N–H and O–H groups in total. The SMILES string of the molecule is CCOC(=O)C1CCN(C(=O)C(C)Sc2nnc(-c3ccccc3Cl)n2C2CCCC2)CC1. The summed E-state index contributed by atoms with van der Waals surface area (Å²) in [6.45, 7) is 5.29. The van der Waals surface area contributed by atoms with Gasteiger partial charge in [0.1, 0.15) is 0 Å². The van der Waals surface area contributed by atoms with Crippen molar-refractivity contribution >= 4 is 35.2 Å². The molecule has 1 aromatic carbocycles. The van der Waals surface area contributed by atoms with Crippen molar-refractivity contribution in [1.82, 2.24) is 19.7 Å². The first-order valence-electron chi connectivity index (χ1n) is 11.8. The number of esters is 1. The third-order valence-electron chi connectivity index (χ3n) is 6.53. The summed E-state index contributed by atoms with van der Waals surface area (Å²) in [5, 5.41) is 10.1. The quantitative estimate of drug-likeness (QED) is 0.401. The Balaban J connectivity index is 1.48. The number of hydrogen-bond acceptors (Lipinski definition) is 6. The van der Waals surface area contributed by atoms with Crippen molar-refractivity contribution in [3.8, 4) is 11.4 Å². The van der Waals surface area contributed by atoms with Gasteiger partial charge in [-0.3, -0.25) is 14.2 Å². The van der Waals surface area contributed by atoms with Gasteiger partial charge in [0.2, 0.25) is 5.91 Å². The molecule has 0 bridgehead atoms. The van der Waals surface area contributed by atoms with Gasteiger partial charge in [0.05, 0.1) is 22.8 Å². The normalized spacial score (nSPS) is 18.5. The number of rotatable bonds is 7. The van der Waals surface area contributed by atoms with Crippen molar-refractivity contribution in [2.75, 3.05) is 19.7 Å². The smallest absolute Gasteiger partial charge is 0.309 e. The maximum atomic E-state index is 13.2. The monoisotopic (exact) mass is 490 g/mol. The van der Waals surface area contributed by atoms with Crippen LogP contribution in [0.4, 0.5) is 0 Å². The summed E-state index contributed by atoms with van der Waals surface area (Å²) >= 11 is 7.94. The molecule has 9 heteroatoms. The van der Waals surface area contributed by atoms with Crippen LogP contribution in [0.5, 0.6) is 0 Å². The van der Waals surface area contributed by atoms with E-state index in [1.54, 1.807) is 0 Å². The first-order valence-corrected chi connectivity index (χ1v) is 13.1. The van der Waals surface area contributed by atoms with E-state index in [0.29, 0.717) is 43.6 Å². The second-order valence-electron chi connectivity index (χ2n) is 8.71. The van der Waals surface area contributed by atoms with Crippen LogP contribution in [0.3, 0.4) is 0 Å². The van der Waals surface area contributed by atoms with Crippen molar-refractivity contribution < 1.29 is 14.3 Å². The fourth-order valence-corrected chi connectivity index (χ4v) is 5.96. The summed E-state index contributed by atoms with van der Waals surface area (Å²) in [5.41, 5.74) is 0.866. The average molecular weight is 491 g/mol. The minimum atomic E-state index is -0.299. The second-order valence-corrected chi connectivity index (χ2v) is 10.4. The summed E-state index contributed by atoms with van der Waals surface area (Å²) in [5.74, 6) is 0.580. The van der Waals surface area contributed by atoms with Crippen LogP contribution < -0.4 is 0 Å². The van der Waals surface area contributed by atoms with Gasteiger partial charge in [-0.15, -0.1) is 10.2 Å². The molecule has 1 aliphatic carbocycles. The number of carbonyl (C=O) groups excluding carboxylic acids is 2. The van der Waals surface area contributed by atoms with Crippen LogP contribution in [-0.4, -0.2) is 56.5 Å². The van der Waals surface area contributed by atoms with Crippen LogP contribution in [-0.2, 0) is 14.3 Å². The highest BCUT2D eigenvalue weighted by Crippen LogP contribution is 2.39. The molecule has 2 heterocycles. The second kappa shape index (κ2) is 10.9. The first-order chi connectivity index (χ1) is 16.0. The van der Waals surface area contributed by atoms with E-state index in [-0.39, 0.29) is 23.0 Å². The molecule has 2 aliphatic rings. The van der Waals surface area contributed by atoms with Crippen molar-refractivity contribution in [2.45, 2.75) is 68.8 Å². The highest BCUT2D eigenvalue weighted by atomic mass is 35.5. The molecule has 33 heavy (non-hydrogen) atoms. The van der Waals surface area contributed by atoms with Gasteiger partial charge >= 0.3 is 5.97 Å². The molecule has 1 saturated heterocycles. The zero-order valence-electron chi connectivity index (χ0n) is 19.2. The Morgan fingerprint density at radius 3 is 2.52 bits per heavy atom. The van der Waals surface area contributed by atoms with Crippen LogP contribution in [0.2, 0.25) is 5.02 Å². The molecule has 0 spiro atoms. The van der Waals surface area contributed by atoms with Crippen molar-refractivity contribution in [2.24, 2.45) is 5.92 Å². The van der Waals surface area contributed by atoms with E-state index in [2.05, 4.69) is 14.8 Å². The molecule has 0 radical (unpaired) electrons. The van der Waals surface area contributed by atoms with E-state index in [1.807, 2.05) is 43.0 Å². The summed E-state index contributed by atoms with van der Waals surface area (Å²) < 4.78 is 7.33. The minimum absolute atomic E-state index is 0.0718. The van der Waals surface area contributed by atoms with E-state index in [1.165, 1.54) is 24.6 Å². The molecule has 1 aliphatic heterocycles. The van der Waals surface area contributed by atoms with E-state index in [0.717, 1.165) is 29.4 Å². The minimum Gasteiger partial charge on any atom is -0.466 e. The Morgan fingerprint density at radius 1 is 1.15 bits per heavy atom. The maximum Gasteiger partial charge on any atom is 0.309 e. The van der Waals surface area contributed by atoms with Gasteiger partial charge in [-0.2, -0.15) is 0 Å². The van der Waals surface area contributed by atoms with Gasteiger partial charge in [-0.25, -0.2) is 0 Å². The van der Waals surface area contributed by atoms with Gasteiger partial charge < -0.3 is 9.64 Å². The molecular formula is C24H31ClN4O3S. The van der Waals surface area contributed by atoms with Crippen molar-refractivity contribution in [3.63, 3.8) is 0 Å². The number of nitrogens with zero attached hydrogens (tertiary/aromatic N) is 4. The Hall–Kier alpha value is -2.06. The number of amides is 1. The van der Waals surface area contributed by atoms with E-state index in [9.17, 15) is 9.59 Å². The van der Waals surface area contributed by atoms with Crippen LogP contribution in [0.1, 0.15) is 58.4 Å². The molecule has 1 amide bonds. The lowest BCUT2D eigenvalue weighted by Crippen LogP contribution is -2.43. The fraction of sp³-hybridized carbons (Fsp3) is 0.583. The zero-order chi connectivity index (χ0) is 23.4. The molecular weight excluding hydrogens is 460 g/mol. The maximum absolute atomic E-state index is 13.2. The third kappa shape index (κ3) is 5.38. The van der Waals surface area contributed by atoms with Gasteiger partial charge in [0, 0.05) is 24.7 Å². The van der Waals surface area contributed by atoms with Crippen LogP contribution >= 0.6 is 23.4 Å². The molecule has 2 fully saturated rings. The van der Waals surface area contributed by atoms with E-state index in [4.69, 9.17) is 16.3 Å². The molecule has 2 aromatic rings. The molecule has 4 rings (SSSR count). The Morgan fingerprint density at radius 2 is 1.85 bits per heavy atom. The van der Waals surface area contributed by atoms with Gasteiger partial charge in [-0.05, 0) is 51.7 Å². The average Bonchev–Trinajstić information content (AvgIpc) is 3.49. The largest absolute Gasteiger partial charge is 0.466 e. The van der Waals surface area contributed by atoms with Gasteiger partial charge in [0.25, 0.3) is 0 Å². The third-order valence-corrected chi connectivity index (χ3v) is 7.90. The van der Waals surface area contributed by atoms with E-state index >= 15 is 0 Å². The topological polar surface area (TPSA) is 77.3 Å². The molecule has 1 aromatic heterocycles. The van der Waals surface area contributed by atoms with Gasteiger partial charge in [0.15, 0.2) is 11.0 Å². The number of benzene rings is 1. The summed E-state index contributed by atoms with van der Waals surface area (Å²) in [6, 6.07) is 8.01. The molecule has 1 unspecified atom stereocenters. The number of piperidine rings is 1. The summed E-state index contributed by atoms with van der Waals surface area (Å²) in [4.78, 5) is 27.0. The lowest BCUT2D eigenvalue weighted by Gasteiger charge is -2.32. The van der Waals surface area contributed by atoms with Gasteiger partial charge in [-0.1, -0.05) is 48.3 Å². The number of hydrogen-bond donors (Lipinski definition) is 0. The molecule has 178 valence electrons. The summed E-state index contributed by atoms with van der Waals surface area (Å²) in [7, 11) is 0. The first kappa shape index (κ1) is 24.1. The number of halogens is 1. The van der Waals surface area contributed by atoms with Crippen LogP contribution in [0, 0.1) is 5.92 Å².